The molecule has 120 valence electrons. The monoisotopic (exact) mass is 296 g/mol. The van der Waals surface area contributed by atoms with Crippen molar-refractivity contribution in [2.75, 3.05) is 39.5 Å². The van der Waals surface area contributed by atoms with Gasteiger partial charge in [0.15, 0.2) is 0 Å². The molecule has 0 aromatic carbocycles. The van der Waals surface area contributed by atoms with Crippen LogP contribution in [0.5, 0.6) is 0 Å². The van der Waals surface area contributed by atoms with Gasteiger partial charge in [-0.25, -0.2) is 0 Å². The lowest BCUT2D eigenvalue weighted by Gasteiger charge is -2.49. The Hall–Kier alpha value is -0.200. The van der Waals surface area contributed by atoms with Gasteiger partial charge in [-0.15, -0.1) is 0 Å². The maximum Gasteiger partial charge on any atom is 0.0936 e. The van der Waals surface area contributed by atoms with Gasteiger partial charge in [-0.3, -0.25) is 4.90 Å². The fraction of sp³-hybridized carbons (Fsp3) is 1.00. The van der Waals surface area contributed by atoms with Crippen LogP contribution in [-0.2, 0) is 14.2 Å². The van der Waals surface area contributed by atoms with Crippen LogP contribution < -0.4 is 5.32 Å². The van der Waals surface area contributed by atoms with Crippen molar-refractivity contribution in [3.63, 3.8) is 0 Å². The molecule has 21 heavy (non-hydrogen) atoms. The summed E-state index contributed by atoms with van der Waals surface area (Å²) >= 11 is 0. The van der Waals surface area contributed by atoms with Crippen LogP contribution in [-0.4, -0.2) is 74.2 Å². The summed E-state index contributed by atoms with van der Waals surface area (Å²) in [6.45, 7) is 8.39. The molecular weight excluding hydrogens is 268 g/mol. The highest BCUT2D eigenvalue weighted by Gasteiger charge is 2.45. The molecule has 5 atom stereocenters. The second-order valence-corrected chi connectivity index (χ2v) is 7.33. The summed E-state index contributed by atoms with van der Waals surface area (Å²) in [5, 5.41) is 3.79. The summed E-state index contributed by atoms with van der Waals surface area (Å²) in [5.74, 6) is 0. The third-order valence-electron chi connectivity index (χ3n) is 5.55. The van der Waals surface area contributed by atoms with Crippen LogP contribution in [0.2, 0.25) is 0 Å². The van der Waals surface area contributed by atoms with Crippen LogP contribution in [0.15, 0.2) is 0 Å². The molecule has 1 aliphatic carbocycles. The number of nitrogens with zero attached hydrogens (tertiary/aromatic N) is 1. The van der Waals surface area contributed by atoms with E-state index in [0.29, 0.717) is 24.4 Å². The van der Waals surface area contributed by atoms with E-state index in [9.17, 15) is 0 Å². The van der Waals surface area contributed by atoms with Crippen LogP contribution in [0.1, 0.15) is 32.6 Å². The summed E-state index contributed by atoms with van der Waals surface area (Å²) in [5.41, 5.74) is 0.227. The Bertz CT molecular complexity index is 355. The predicted octanol–water partition coefficient (Wildman–Crippen LogP) is 0.776. The van der Waals surface area contributed by atoms with Gasteiger partial charge in [0.25, 0.3) is 0 Å². The van der Waals surface area contributed by atoms with Gasteiger partial charge in [-0.1, -0.05) is 12.8 Å². The Morgan fingerprint density at radius 2 is 1.62 bits per heavy atom. The zero-order chi connectivity index (χ0) is 14.3. The summed E-state index contributed by atoms with van der Waals surface area (Å²) < 4.78 is 16.4. The highest BCUT2D eigenvalue weighted by Crippen LogP contribution is 2.36. The maximum atomic E-state index is 5.50. The summed E-state index contributed by atoms with van der Waals surface area (Å²) in [4.78, 5) is 2.66. The lowest BCUT2D eigenvalue weighted by Crippen LogP contribution is -2.62. The standard InChI is InChI=1S/C16H28N2O3/c1-16(18(7-13-10-20-13)8-14-11-21-14)5-3-2-4-15(16)17-6-12-9-19-12/h12-15,17H,2-11H2,1H3. The quantitative estimate of drug-likeness (QED) is 0.671. The number of nitrogens with one attached hydrogen (secondary N) is 1. The normalized spacial score (nSPS) is 44.9. The molecule has 1 saturated carbocycles. The average Bonchev–Trinajstić information content (AvgIpc) is 3.34. The minimum atomic E-state index is 0.227. The van der Waals surface area contributed by atoms with E-state index in [4.69, 9.17) is 14.2 Å². The molecule has 3 aliphatic heterocycles. The number of epoxide rings is 3. The SMILES string of the molecule is CC1(N(CC2CO2)CC2CO2)CCCCC1NCC1CO1. The first-order valence-electron chi connectivity index (χ1n) is 8.57. The van der Waals surface area contributed by atoms with Gasteiger partial charge in [0.1, 0.15) is 0 Å². The van der Waals surface area contributed by atoms with Crippen LogP contribution >= 0.6 is 0 Å². The van der Waals surface area contributed by atoms with E-state index in [2.05, 4.69) is 17.1 Å². The number of hydrogen-bond donors (Lipinski definition) is 1. The molecule has 4 rings (SSSR count). The van der Waals surface area contributed by atoms with Crippen LogP contribution in [0.25, 0.3) is 0 Å². The summed E-state index contributed by atoms with van der Waals surface area (Å²) in [7, 11) is 0. The average molecular weight is 296 g/mol. The molecule has 3 saturated heterocycles. The molecule has 3 heterocycles. The third-order valence-corrected chi connectivity index (χ3v) is 5.55. The molecule has 4 aliphatic rings. The predicted molar refractivity (Wildman–Crippen MR) is 79.5 cm³/mol. The first-order valence-corrected chi connectivity index (χ1v) is 8.57. The van der Waals surface area contributed by atoms with Gasteiger partial charge in [0, 0.05) is 31.2 Å². The van der Waals surface area contributed by atoms with Crippen molar-refractivity contribution in [2.45, 2.75) is 62.5 Å². The van der Waals surface area contributed by atoms with Gasteiger partial charge in [0.2, 0.25) is 0 Å². The Morgan fingerprint density at radius 1 is 1.00 bits per heavy atom. The van der Waals surface area contributed by atoms with Gasteiger partial charge in [-0.2, -0.15) is 0 Å². The second kappa shape index (κ2) is 5.78. The Kier molecular flexibility index (Phi) is 3.96. The molecular formula is C16H28N2O3. The zero-order valence-corrected chi connectivity index (χ0v) is 13.1. The van der Waals surface area contributed by atoms with Crippen molar-refractivity contribution in [1.29, 1.82) is 0 Å². The van der Waals surface area contributed by atoms with Gasteiger partial charge in [-0.05, 0) is 19.8 Å². The Labute approximate surface area is 127 Å². The van der Waals surface area contributed by atoms with E-state index < -0.39 is 0 Å². The van der Waals surface area contributed by atoms with Gasteiger partial charge in [0.05, 0.1) is 38.1 Å². The minimum Gasteiger partial charge on any atom is -0.372 e. The first-order chi connectivity index (χ1) is 10.2. The lowest BCUT2D eigenvalue weighted by atomic mass is 9.77. The molecule has 5 heteroatoms. The van der Waals surface area contributed by atoms with Crippen molar-refractivity contribution in [2.24, 2.45) is 0 Å². The fourth-order valence-corrected chi connectivity index (χ4v) is 3.81. The fourth-order valence-electron chi connectivity index (χ4n) is 3.81. The molecule has 0 spiro atoms. The molecule has 0 radical (unpaired) electrons. The van der Waals surface area contributed by atoms with E-state index in [1.54, 1.807) is 0 Å². The van der Waals surface area contributed by atoms with E-state index in [-0.39, 0.29) is 5.54 Å². The van der Waals surface area contributed by atoms with Crippen molar-refractivity contribution in [3.8, 4) is 0 Å². The van der Waals surface area contributed by atoms with Gasteiger partial charge >= 0.3 is 0 Å². The smallest absolute Gasteiger partial charge is 0.0936 e. The number of hydrogen-bond acceptors (Lipinski definition) is 5. The molecule has 0 amide bonds. The molecule has 0 aromatic rings. The maximum absolute atomic E-state index is 5.50. The largest absolute Gasteiger partial charge is 0.372 e. The first kappa shape index (κ1) is 14.4. The molecule has 5 unspecified atom stereocenters. The van der Waals surface area contributed by atoms with Gasteiger partial charge < -0.3 is 19.5 Å². The van der Waals surface area contributed by atoms with Crippen LogP contribution in [0.3, 0.4) is 0 Å². The van der Waals surface area contributed by atoms with E-state index in [1.807, 2.05) is 0 Å². The topological polar surface area (TPSA) is 52.9 Å². The van der Waals surface area contributed by atoms with Crippen molar-refractivity contribution >= 4 is 0 Å². The van der Waals surface area contributed by atoms with Crippen molar-refractivity contribution < 1.29 is 14.2 Å². The Morgan fingerprint density at radius 3 is 2.19 bits per heavy atom. The summed E-state index contributed by atoms with van der Waals surface area (Å²) in [6, 6.07) is 0.563. The van der Waals surface area contributed by atoms with E-state index in [1.165, 1.54) is 25.7 Å². The highest BCUT2D eigenvalue weighted by molar-refractivity contribution is 5.02. The van der Waals surface area contributed by atoms with Crippen LogP contribution in [0.4, 0.5) is 0 Å². The van der Waals surface area contributed by atoms with E-state index >= 15 is 0 Å². The van der Waals surface area contributed by atoms with Crippen molar-refractivity contribution in [3.05, 3.63) is 0 Å². The molecule has 5 nitrogen and oxygen atoms in total. The number of rotatable bonds is 8. The second-order valence-electron chi connectivity index (χ2n) is 7.33. The third kappa shape index (κ3) is 3.59. The minimum absolute atomic E-state index is 0.227. The molecule has 0 bridgehead atoms. The molecule has 0 aromatic heterocycles. The Balaban J connectivity index is 1.44. The van der Waals surface area contributed by atoms with Crippen molar-refractivity contribution in [1.82, 2.24) is 10.2 Å². The summed E-state index contributed by atoms with van der Waals surface area (Å²) in [6.07, 6.45) is 6.59. The zero-order valence-electron chi connectivity index (χ0n) is 13.1. The highest BCUT2D eigenvalue weighted by atomic mass is 16.6. The van der Waals surface area contributed by atoms with E-state index in [0.717, 1.165) is 39.5 Å². The van der Waals surface area contributed by atoms with Crippen LogP contribution in [0, 0.1) is 0 Å². The molecule has 4 fully saturated rings. The number of ether oxygens (including phenoxy) is 3. The lowest BCUT2D eigenvalue weighted by molar-refractivity contribution is 0.0231. The molecule has 1 N–H and O–H groups in total.